The predicted molar refractivity (Wildman–Crippen MR) is 150 cm³/mol. The summed E-state index contributed by atoms with van der Waals surface area (Å²) < 4.78 is 0.773. The molecular formula is C29H45N6O2+. The van der Waals surface area contributed by atoms with Crippen molar-refractivity contribution in [3.8, 4) is 0 Å². The predicted octanol–water partition coefficient (Wildman–Crippen LogP) is 3.42. The van der Waals surface area contributed by atoms with Crippen LogP contribution in [0.5, 0.6) is 0 Å². The van der Waals surface area contributed by atoms with E-state index in [0.717, 1.165) is 68.2 Å². The van der Waals surface area contributed by atoms with Crippen molar-refractivity contribution in [2.75, 3.05) is 26.2 Å². The Morgan fingerprint density at radius 3 is 2.43 bits per heavy atom. The first-order valence-electron chi connectivity index (χ1n) is 14.1. The van der Waals surface area contributed by atoms with Gasteiger partial charge in [0.2, 0.25) is 11.8 Å². The number of allylic oxidation sites excluding steroid dienone is 1. The van der Waals surface area contributed by atoms with Crippen LogP contribution in [0, 0.1) is 11.3 Å². The fourth-order valence-electron chi connectivity index (χ4n) is 6.61. The first-order chi connectivity index (χ1) is 17.6. The molecule has 0 saturated carbocycles. The molecule has 0 spiro atoms. The van der Waals surface area contributed by atoms with Crippen LogP contribution in [0.25, 0.3) is 6.08 Å². The third kappa shape index (κ3) is 4.93. The summed E-state index contributed by atoms with van der Waals surface area (Å²) in [6.07, 6.45) is 7.71. The van der Waals surface area contributed by atoms with Crippen LogP contribution < -0.4 is 16.0 Å². The largest absolute Gasteiger partial charge is 0.384 e. The smallest absolute Gasteiger partial charge is 0.245 e. The first-order valence-corrected chi connectivity index (χ1v) is 14.1. The number of nitrogens with one attached hydrogen (secondary N) is 1. The fourth-order valence-corrected chi connectivity index (χ4v) is 6.61. The fraction of sp³-hybridized carbons (Fsp3) is 0.621. The number of hydrogen-bond donors (Lipinski definition) is 3. The zero-order valence-corrected chi connectivity index (χ0v) is 23.0. The van der Waals surface area contributed by atoms with E-state index >= 15 is 0 Å². The summed E-state index contributed by atoms with van der Waals surface area (Å²) in [5.41, 5.74) is 16.5. The van der Waals surface area contributed by atoms with Gasteiger partial charge in [0.05, 0.1) is 19.1 Å². The van der Waals surface area contributed by atoms with E-state index in [-0.39, 0.29) is 35.7 Å². The molecule has 0 aliphatic carbocycles. The van der Waals surface area contributed by atoms with E-state index in [9.17, 15) is 9.59 Å². The maximum absolute atomic E-state index is 13.7. The van der Waals surface area contributed by atoms with Gasteiger partial charge >= 0.3 is 0 Å². The Bertz CT molecular complexity index is 1080. The molecule has 37 heavy (non-hydrogen) atoms. The van der Waals surface area contributed by atoms with Gasteiger partial charge in [0.25, 0.3) is 0 Å². The number of nitrogens with two attached hydrogens (primary N) is 2. The number of fused-ring (bicyclic) bond motifs is 1. The van der Waals surface area contributed by atoms with Crippen LogP contribution in [-0.2, 0) is 9.59 Å². The van der Waals surface area contributed by atoms with Crippen molar-refractivity contribution in [3.63, 3.8) is 0 Å². The lowest BCUT2D eigenvalue weighted by Gasteiger charge is -2.36. The SMILES string of the molecule is CC[N+]1(CC)C(CCC2CCCN2C(=O)C2CCCN2C(=O)C(N)C(C)C)=Cc2ccc(C(=N)N)cc21. The van der Waals surface area contributed by atoms with Crippen LogP contribution in [0.4, 0.5) is 5.69 Å². The molecule has 202 valence electrons. The Morgan fingerprint density at radius 2 is 1.78 bits per heavy atom. The first kappa shape index (κ1) is 27.3. The quantitative estimate of drug-likeness (QED) is 0.269. The minimum absolute atomic E-state index is 0.0502. The van der Waals surface area contributed by atoms with Gasteiger partial charge < -0.3 is 21.3 Å². The van der Waals surface area contributed by atoms with Gasteiger partial charge in [-0.3, -0.25) is 19.5 Å². The summed E-state index contributed by atoms with van der Waals surface area (Å²) >= 11 is 0. The Balaban J connectivity index is 1.48. The molecule has 3 aliphatic rings. The molecule has 0 bridgehead atoms. The molecule has 3 aliphatic heterocycles. The summed E-state index contributed by atoms with van der Waals surface area (Å²) in [5, 5.41) is 7.89. The van der Waals surface area contributed by atoms with Crippen molar-refractivity contribution in [2.24, 2.45) is 17.4 Å². The van der Waals surface area contributed by atoms with Crippen molar-refractivity contribution in [1.82, 2.24) is 14.3 Å². The third-order valence-electron chi connectivity index (χ3n) is 8.97. The molecule has 2 fully saturated rings. The highest BCUT2D eigenvalue weighted by Gasteiger charge is 2.43. The molecular weight excluding hydrogens is 464 g/mol. The van der Waals surface area contributed by atoms with E-state index in [2.05, 4.69) is 37.0 Å². The van der Waals surface area contributed by atoms with Crippen molar-refractivity contribution >= 4 is 29.4 Å². The van der Waals surface area contributed by atoms with Crippen molar-refractivity contribution in [1.29, 1.82) is 5.41 Å². The van der Waals surface area contributed by atoms with Crippen molar-refractivity contribution in [2.45, 2.75) is 84.3 Å². The molecule has 2 amide bonds. The second-order valence-electron chi connectivity index (χ2n) is 11.2. The van der Waals surface area contributed by atoms with E-state index in [4.69, 9.17) is 16.9 Å². The molecule has 0 aromatic heterocycles. The van der Waals surface area contributed by atoms with E-state index in [1.807, 2.05) is 19.9 Å². The molecule has 8 nitrogen and oxygen atoms in total. The normalized spacial score (nSPS) is 23.4. The molecule has 3 atom stereocenters. The molecule has 1 aromatic carbocycles. The number of amides is 2. The maximum Gasteiger partial charge on any atom is 0.245 e. The van der Waals surface area contributed by atoms with Crippen LogP contribution in [0.2, 0.25) is 0 Å². The monoisotopic (exact) mass is 509 g/mol. The third-order valence-corrected chi connectivity index (χ3v) is 8.97. The summed E-state index contributed by atoms with van der Waals surface area (Å²) in [6, 6.07) is 5.34. The lowest BCUT2D eigenvalue weighted by atomic mass is 10.0. The van der Waals surface area contributed by atoms with E-state index in [1.165, 1.54) is 16.9 Å². The molecule has 4 rings (SSSR count). The number of benzene rings is 1. The van der Waals surface area contributed by atoms with Gasteiger partial charge in [0.1, 0.15) is 23.3 Å². The number of hydrogen-bond acceptors (Lipinski definition) is 4. The summed E-state index contributed by atoms with van der Waals surface area (Å²) in [5.74, 6) is 0.156. The van der Waals surface area contributed by atoms with Gasteiger partial charge in [-0.25, -0.2) is 0 Å². The Hall–Kier alpha value is -2.71. The Morgan fingerprint density at radius 1 is 1.11 bits per heavy atom. The molecule has 3 unspecified atom stereocenters. The van der Waals surface area contributed by atoms with E-state index in [1.54, 1.807) is 4.90 Å². The maximum atomic E-state index is 13.7. The number of nitrogens with zero attached hydrogens (tertiary/aromatic N) is 3. The van der Waals surface area contributed by atoms with Crippen LogP contribution in [-0.4, -0.2) is 71.8 Å². The van der Waals surface area contributed by atoms with Gasteiger partial charge in [0, 0.05) is 48.8 Å². The van der Waals surface area contributed by atoms with Gasteiger partial charge in [0.15, 0.2) is 0 Å². The zero-order chi connectivity index (χ0) is 26.9. The summed E-state index contributed by atoms with van der Waals surface area (Å²) in [6.45, 7) is 11.6. The number of carbonyl (C=O) groups is 2. The molecule has 3 heterocycles. The summed E-state index contributed by atoms with van der Waals surface area (Å²) in [7, 11) is 0. The second-order valence-corrected chi connectivity index (χ2v) is 11.2. The van der Waals surface area contributed by atoms with Crippen molar-refractivity contribution in [3.05, 3.63) is 35.0 Å². The molecule has 8 heteroatoms. The topological polar surface area (TPSA) is 117 Å². The minimum Gasteiger partial charge on any atom is -0.384 e. The highest BCUT2D eigenvalue weighted by atomic mass is 16.2. The molecule has 0 radical (unpaired) electrons. The van der Waals surface area contributed by atoms with E-state index < -0.39 is 6.04 Å². The number of nitrogen functional groups attached to an aromatic ring is 1. The highest BCUT2D eigenvalue weighted by Crippen LogP contribution is 2.43. The second kappa shape index (κ2) is 11.0. The van der Waals surface area contributed by atoms with Gasteiger partial charge in [-0.15, -0.1) is 0 Å². The number of quaternary nitrogens is 1. The average Bonchev–Trinajstić information content (AvgIpc) is 3.62. The standard InChI is InChI=1S/C29H45N6O2/c1-5-35(6-2)23(17-20-11-12-21(27(31)32)18-25(20)35)14-13-22-9-7-15-33(22)28(36)24-10-8-16-34(24)29(37)26(30)19(3)4/h11-12,17-19,22,24,26H,5-10,13-16,30H2,1-4H3,(H3,31,32)/q+1. The highest BCUT2D eigenvalue weighted by molar-refractivity contribution is 5.97. The molecule has 5 N–H and O–H groups in total. The van der Waals surface area contributed by atoms with Crippen LogP contribution in [0.1, 0.15) is 77.3 Å². The van der Waals surface area contributed by atoms with Crippen LogP contribution in [0.15, 0.2) is 23.9 Å². The van der Waals surface area contributed by atoms with Crippen LogP contribution >= 0.6 is 0 Å². The lowest BCUT2D eigenvalue weighted by Crippen LogP contribution is -2.54. The Kier molecular flexibility index (Phi) is 8.09. The van der Waals surface area contributed by atoms with E-state index in [0.29, 0.717) is 6.54 Å². The lowest BCUT2D eigenvalue weighted by molar-refractivity contribution is -0.145. The van der Waals surface area contributed by atoms with Gasteiger partial charge in [-0.2, -0.15) is 0 Å². The number of likely N-dealkylation sites (tertiary alicyclic amines) is 2. The molecule has 2 saturated heterocycles. The zero-order valence-electron chi connectivity index (χ0n) is 23.0. The van der Waals surface area contributed by atoms with Crippen LogP contribution in [0.3, 0.4) is 0 Å². The Labute approximate surface area is 221 Å². The average molecular weight is 510 g/mol. The van der Waals surface area contributed by atoms with Gasteiger partial charge in [-0.05, 0) is 57.9 Å². The summed E-state index contributed by atoms with van der Waals surface area (Å²) in [4.78, 5) is 30.5. The molecule has 1 aromatic rings. The number of carbonyl (C=O) groups excluding carboxylic acids is 2. The number of amidine groups is 1. The minimum atomic E-state index is -0.559. The van der Waals surface area contributed by atoms with Crippen molar-refractivity contribution < 1.29 is 9.59 Å². The number of rotatable bonds is 9. The van der Waals surface area contributed by atoms with Gasteiger partial charge in [-0.1, -0.05) is 19.9 Å².